The zero-order valence-corrected chi connectivity index (χ0v) is 21.3. The minimum absolute atomic E-state index is 0.00529. The van der Waals surface area contributed by atoms with E-state index in [4.69, 9.17) is 0 Å². The summed E-state index contributed by atoms with van der Waals surface area (Å²) in [5.41, 5.74) is -1.19. The van der Waals surface area contributed by atoms with Gasteiger partial charge in [0.15, 0.2) is 0 Å². The summed E-state index contributed by atoms with van der Waals surface area (Å²) < 4.78 is 70.6. The number of halogens is 3. The van der Waals surface area contributed by atoms with E-state index in [0.717, 1.165) is 29.2 Å². The lowest BCUT2D eigenvalue weighted by atomic mass is 9.94. The van der Waals surface area contributed by atoms with Crippen molar-refractivity contribution in [2.24, 2.45) is 7.05 Å². The largest absolute Gasteiger partial charge is 0.416 e. The number of hydrogen-bond acceptors (Lipinski definition) is 6. The van der Waals surface area contributed by atoms with Gasteiger partial charge in [0.1, 0.15) is 5.82 Å². The molecule has 39 heavy (non-hydrogen) atoms. The molecule has 1 aliphatic heterocycles. The number of amides is 2. The van der Waals surface area contributed by atoms with Gasteiger partial charge in [-0.1, -0.05) is 12.1 Å². The van der Waals surface area contributed by atoms with Crippen LogP contribution < -0.4 is 14.9 Å². The predicted octanol–water partition coefficient (Wildman–Crippen LogP) is 3.86. The van der Waals surface area contributed by atoms with Crippen LogP contribution in [0.4, 0.5) is 23.7 Å². The Bertz CT molecular complexity index is 1680. The normalized spacial score (nSPS) is 16.0. The molecule has 0 radical (unpaired) electrons. The number of carbonyl (C=O) groups excluding carboxylic acids is 1. The molecule has 10 nitrogen and oxygen atoms in total. The number of aromatic nitrogens is 2. The van der Waals surface area contributed by atoms with E-state index in [9.17, 15) is 36.9 Å². The Balaban J connectivity index is 1.79. The Morgan fingerprint density at radius 3 is 2.51 bits per heavy atom. The molecule has 0 saturated carbocycles. The highest BCUT2D eigenvalue weighted by atomic mass is 32.2. The van der Waals surface area contributed by atoms with Crippen molar-refractivity contribution in [3.05, 3.63) is 88.6 Å². The van der Waals surface area contributed by atoms with Gasteiger partial charge in [-0.25, -0.2) is 22.9 Å². The average molecular weight is 556 g/mol. The van der Waals surface area contributed by atoms with Crippen molar-refractivity contribution in [3.63, 3.8) is 0 Å². The van der Waals surface area contributed by atoms with Crippen molar-refractivity contribution in [3.8, 4) is 12.1 Å². The van der Waals surface area contributed by atoms with Crippen LogP contribution in [0.1, 0.15) is 35.5 Å². The standard InChI is InChI=1S/C25H20F3N7O3S/c1-15-20(13-30)23(33-24(36)35(15)18-5-3-4-17(11-18)25(26,27)28)19-7-6-16(12-29)10-21(19)39(37,38)32-14-22-31-8-9-34(22)2/h3-11,23,32H,14H2,1-2H3,(H,33,36). The lowest BCUT2D eigenvalue weighted by molar-refractivity contribution is -0.137. The number of hydrogen-bond donors (Lipinski definition) is 2. The highest BCUT2D eigenvalue weighted by molar-refractivity contribution is 7.89. The monoisotopic (exact) mass is 555 g/mol. The van der Waals surface area contributed by atoms with Gasteiger partial charge in [0.25, 0.3) is 0 Å². The third kappa shape index (κ3) is 5.34. The number of nitriles is 2. The van der Waals surface area contributed by atoms with Gasteiger partial charge in [-0.2, -0.15) is 23.7 Å². The number of rotatable bonds is 6. The first-order valence-corrected chi connectivity index (χ1v) is 12.7. The highest BCUT2D eigenvalue weighted by Crippen LogP contribution is 2.38. The molecule has 1 atom stereocenters. The van der Waals surface area contributed by atoms with E-state index in [-0.39, 0.29) is 39.5 Å². The summed E-state index contributed by atoms with van der Waals surface area (Å²) in [5.74, 6) is 0.410. The summed E-state index contributed by atoms with van der Waals surface area (Å²) >= 11 is 0. The van der Waals surface area contributed by atoms with E-state index >= 15 is 0 Å². The van der Waals surface area contributed by atoms with E-state index < -0.39 is 33.8 Å². The second-order valence-corrected chi connectivity index (χ2v) is 10.3. The maximum atomic E-state index is 13.4. The number of urea groups is 1. The Labute approximate surface area is 221 Å². The minimum atomic E-state index is -4.66. The number of alkyl halides is 3. The second-order valence-electron chi connectivity index (χ2n) is 8.52. The number of benzene rings is 2. The summed E-state index contributed by atoms with van der Waals surface area (Å²) in [5, 5.41) is 21.9. The molecule has 14 heteroatoms. The second kappa shape index (κ2) is 10.2. The van der Waals surface area contributed by atoms with Crippen LogP contribution in [0.15, 0.2) is 71.0 Å². The van der Waals surface area contributed by atoms with E-state index in [2.05, 4.69) is 15.0 Å². The lowest BCUT2D eigenvalue weighted by Gasteiger charge is -2.34. The molecule has 1 aliphatic rings. The molecule has 2 heterocycles. The first-order valence-electron chi connectivity index (χ1n) is 11.3. The molecule has 2 N–H and O–H groups in total. The quantitative estimate of drug-likeness (QED) is 0.473. The van der Waals surface area contributed by atoms with Gasteiger partial charge < -0.3 is 9.88 Å². The molecular formula is C25H20F3N7O3S. The Morgan fingerprint density at radius 1 is 1.15 bits per heavy atom. The Hall–Kier alpha value is -4.66. The fourth-order valence-electron chi connectivity index (χ4n) is 4.13. The fraction of sp³-hybridized carbons (Fsp3) is 0.200. The molecule has 2 aromatic carbocycles. The van der Waals surface area contributed by atoms with Crippen LogP contribution in [0.3, 0.4) is 0 Å². The molecular weight excluding hydrogens is 535 g/mol. The van der Waals surface area contributed by atoms with Crippen LogP contribution in [-0.4, -0.2) is 24.0 Å². The number of sulfonamides is 1. The number of nitrogens with one attached hydrogen (secondary N) is 2. The summed E-state index contributed by atoms with van der Waals surface area (Å²) in [6, 6.07) is 9.48. The zero-order valence-electron chi connectivity index (χ0n) is 20.5. The summed E-state index contributed by atoms with van der Waals surface area (Å²) in [4.78, 5) is 17.8. The van der Waals surface area contributed by atoms with Gasteiger partial charge in [0.05, 0.1) is 52.0 Å². The van der Waals surface area contributed by atoms with Crippen molar-refractivity contribution in [2.75, 3.05) is 4.90 Å². The van der Waals surface area contributed by atoms with Gasteiger partial charge in [0, 0.05) is 25.1 Å². The SMILES string of the molecule is CC1=C(C#N)C(c2ccc(C#N)cc2S(=O)(=O)NCc2nccn2C)NC(=O)N1c1cccc(C(F)(F)F)c1. The van der Waals surface area contributed by atoms with Gasteiger partial charge in [-0.3, -0.25) is 4.90 Å². The predicted molar refractivity (Wildman–Crippen MR) is 132 cm³/mol. The van der Waals surface area contributed by atoms with E-state index in [1.165, 1.54) is 31.3 Å². The third-order valence-electron chi connectivity index (χ3n) is 6.12. The zero-order chi connectivity index (χ0) is 28.5. The van der Waals surface area contributed by atoms with E-state index in [0.29, 0.717) is 5.82 Å². The van der Waals surface area contributed by atoms with E-state index in [1.807, 2.05) is 12.1 Å². The van der Waals surface area contributed by atoms with Gasteiger partial charge in [0.2, 0.25) is 10.0 Å². The van der Waals surface area contributed by atoms with Crippen molar-refractivity contribution in [1.29, 1.82) is 10.5 Å². The first-order chi connectivity index (χ1) is 18.4. The number of carbonyl (C=O) groups is 1. The maximum absolute atomic E-state index is 13.4. The van der Waals surface area contributed by atoms with Crippen molar-refractivity contribution in [2.45, 2.75) is 30.6 Å². The molecule has 200 valence electrons. The Morgan fingerprint density at radius 2 is 1.90 bits per heavy atom. The van der Waals surface area contributed by atoms with Crippen LogP contribution in [-0.2, 0) is 29.8 Å². The van der Waals surface area contributed by atoms with Gasteiger partial charge in [-0.05, 0) is 42.8 Å². The van der Waals surface area contributed by atoms with Crippen molar-refractivity contribution >= 4 is 21.7 Å². The van der Waals surface area contributed by atoms with Crippen molar-refractivity contribution in [1.82, 2.24) is 19.6 Å². The smallest absolute Gasteiger partial charge is 0.337 e. The number of aryl methyl sites for hydroxylation is 1. The third-order valence-corrected chi connectivity index (χ3v) is 7.58. The Kier molecular flexibility index (Phi) is 7.19. The molecule has 2 amide bonds. The molecule has 0 aliphatic carbocycles. The molecule has 0 saturated heterocycles. The van der Waals surface area contributed by atoms with Gasteiger partial charge >= 0.3 is 12.2 Å². The number of allylic oxidation sites excluding steroid dienone is 1. The molecule has 0 fully saturated rings. The van der Waals surface area contributed by atoms with Gasteiger partial charge in [-0.15, -0.1) is 0 Å². The minimum Gasteiger partial charge on any atom is -0.337 e. The number of anilines is 1. The summed E-state index contributed by atoms with van der Waals surface area (Å²) in [7, 11) is -2.62. The first kappa shape index (κ1) is 27.4. The molecule has 1 unspecified atom stereocenters. The molecule has 1 aromatic heterocycles. The average Bonchev–Trinajstić information content (AvgIpc) is 3.31. The van der Waals surface area contributed by atoms with Crippen LogP contribution >= 0.6 is 0 Å². The van der Waals surface area contributed by atoms with Crippen LogP contribution in [0.2, 0.25) is 0 Å². The van der Waals surface area contributed by atoms with Crippen LogP contribution in [0, 0.1) is 22.7 Å². The maximum Gasteiger partial charge on any atom is 0.416 e. The molecule has 3 aromatic rings. The lowest BCUT2D eigenvalue weighted by Crippen LogP contribution is -2.47. The van der Waals surface area contributed by atoms with Crippen LogP contribution in [0.5, 0.6) is 0 Å². The molecule has 4 rings (SSSR count). The number of nitrogens with zero attached hydrogens (tertiary/aromatic N) is 5. The summed E-state index contributed by atoms with van der Waals surface area (Å²) in [6.45, 7) is 1.20. The summed E-state index contributed by atoms with van der Waals surface area (Å²) in [6.07, 6.45) is -1.54. The topological polar surface area (TPSA) is 144 Å². The highest BCUT2D eigenvalue weighted by Gasteiger charge is 2.37. The van der Waals surface area contributed by atoms with Crippen LogP contribution in [0.25, 0.3) is 0 Å². The number of imidazole rings is 1. The molecule has 0 spiro atoms. The van der Waals surface area contributed by atoms with Crippen molar-refractivity contribution < 1.29 is 26.4 Å². The molecule has 0 bridgehead atoms. The van der Waals surface area contributed by atoms with E-state index in [1.54, 1.807) is 17.8 Å². The fourth-order valence-corrected chi connectivity index (χ4v) is 5.38.